The van der Waals surface area contributed by atoms with Gasteiger partial charge in [0, 0.05) is 28.6 Å². The van der Waals surface area contributed by atoms with Crippen molar-refractivity contribution in [2.75, 3.05) is 0 Å². The van der Waals surface area contributed by atoms with Crippen LogP contribution >= 0.6 is 0 Å². The summed E-state index contributed by atoms with van der Waals surface area (Å²) < 4.78 is 8.66. The quantitative estimate of drug-likeness (QED) is 0.245. The molecule has 5 rings (SSSR count). The van der Waals surface area contributed by atoms with E-state index >= 15 is 0 Å². The van der Waals surface area contributed by atoms with E-state index in [1.54, 1.807) is 0 Å². The second kappa shape index (κ2) is 8.53. The Kier molecular flexibility index (Phi) is 5.63. The molecule has 0 radical (unpaired) electrons. The number of hydrogen-bond acceptors (Lipinski definition) is 0. The Morgan fingerprint density at radius 2 is 1.14 bits per heavy atom. The SMILES string of the molecule is CC(C)(C)c1cc(C=Cc2ccc3c(c2)c2ccccc2n3-c2ccccc2)cc(C(C)(C)C)[o+]1. The molecule has 0 N–H and O–H groups in total. The van der Waals surface area contributed by atoms with Crippen LogP contribution in [-0.4, -0.2) is 4.57 Å². The van der Waals surface area contributed by atoms with Gasteiger partial charge in [0.05, 0.1) is 21.9 Å². The molecule has 0 saturated carbocycles. The predicted molar refractivity (Wildman–Crippen MR) is 150 cm³/mol. The number of benzene rings is 3. The van der Waals surface area contributed by atoms with E-state index in [9.17, 15) is 0 Å². The maximum absolute atomic E-state index is 6.31. The van der Waals surface area contributed by atoms with Crippen LogP contribution in [0.2, 0.25) is 0 Å². The largest absolute Gasteiger partial charge is 0.335 e. The van der Waals surface area contributed by atoms with Crippen LogP contribution in [0.5, 0.6) is 0 Å². The number of aromatic nitrogens is 1. The Hall–Kier alpha value is -3.65. The summed E-state index contributed by atoms with van der Waals surface area (Å²) in [7, 11) is 0. The summed E-state index contributed by atoms with van der Waals surface area (Å²) in [4.78, 5) is 0. The fourth-order valence-electron chi connectivity index (χ4n) is 4.50. The van der Waals surface area contributed by atoms with Crippen molar-refractivity contribution in [1.29, 1.82) is 0 Å². The Bertz CT molecular complexity index is 1510. The molecule has 0 aliphatic carbocycles. The molecule has 0 fully saturated rings. The van der Waals surface area contributed by atoms with Gasteiger partial charge in [0.1, 0.15) is 0 Å². The first kappa shape index (κ1) is 23.1. The van der Waals surface area contributed by atoms with Gasteiger partial charge in [-0.1, -0.05) is 54.6 Å². The average Bonchev–Trinajstić information content (AvgIpc) is 3.16. The van der Waals surface area contributed by atoms with Crippen molar-refractivity contribution in [2.45, 2.75) is 52.4 Å². The molecule has 0 unspecified atom stereocenters. The van der Waals surface area contributed by atoms with Crippen molar-refractivity contribution in [2.24, 2.45) is 0 Å². The molecule has 0 aliphatic rings. The number of hydrogen-bond donors (Lipinski definition) is 0. The van der Waals surface area contributed by atoms with Gasteiger partial charge in [-0.15, -0.1) is 0 Å². The van der Waals surface area contributed by atoms with Crippen molar-refractivity contribution in [3.05, 3.63) is 108 Å². The summed E-state index contributed by atoms with van der Waals surface area (Å²) in [6, 6.07) is 30.3. The molecule has 2 heteroatoms. The zero-order valence-corrected chi connectivity index (χ0v) is 21.6. The molecule has 35 heavy (non-hydrogen) atoms. The summed E-state index contributed by atoms with van der Waals surface area (Å²) in [5.41, 5.74) is 5.87. The van der Waals surface area contributed by atoms with E-state index in [4.69, 9.17) is 4.42 Å². The van der Waals surface area contributed by atoms with E-state index in [1.807, 2.05) is 0 Å². The van der Waals surface area contributed by atoms with Gasteiger partial charge in [0.2, 0.25) is 0 Å². The Morgan fingerprint density at radius 3 is 1.80 bits per heavy atom. The molecule has 0 saturated heterocycles. The average molecular weight is 461 g/mol. The van der Waals surface area contributed by atoms with Crippen LogP contribution in [0.1, 0.15) is 64.2 Å². The third-order valence-corrected chi connectivity index (χ3v) is 6.47. The minimum Gasteiger partial charge on any atom is -0.309 e. The van der Waals surface area contributed by atoms with Crippen LogP contribution in [0.25, 0.3) is 39.6 Å². The maximum atomic E-state index is 6.31. The molecule has 2 nitrogen and oxygen atoms in total. The lowest BCUT2D eigenvalue weighted by Crippen LogP contribution is -2.16. The Morgan fingerprint density at radius 1 is 0.571 bits per heavy atom. The van der Waals surface area contributed by atoms with Gasteiger partial charge in [-0.05, 0) is 83.0 Å². The molecule has 3 aromatic carbocycles. The topological polar surface area (TPSA) is 16.2 Å². The van der Waals surface area contributed by atoms with Crippen molar-refractivity contribution in [1.82, 2.24) is 4.57 Å². The number of rotatable bonds is 3. The van der Waals surface area contributed by atoms with Gasteiger partial charge in [0.25, 0.3) is 0 Å². The van der Waals surface area contributed by atoms with Gasteiger partial charge in [-0.25, -0.2) is 4.42 Å². The Labute approximate surface area is 208 Å². The van der Waals surface area contributed by atoms with E-state index < -0.39 is 0 Å². The van der Waals surface area contributed by atoms with Crippen molar-refractivity contribution < 1.29 is 4.42 Å². The molecular weight excluding hydrogens is 426 g/mol. The Balaban J connectivity index is 1.61. The zero-order valence-electron chi connectivity index (χ0n) is 21.6. The first-order valence-corrected chi connectivity index (χ1v) is 12.4. The fourth-order valence-corrected chi connectivity index (χ4v) is 4.50. The second-order valence-corrected chi connectivity index (χ2v) is 11.4. The lowest BCUT2D eigenvalue weighted by molar-refractivity contribution is 0.328. The standard InChI is InChI=1S/C33H34NO/c1-32(2,3)30-21-24(22-31(35-30)33(4,5)6)17-16-23-18-19-29-27(20-23)26-14-10-11-15-28(26)34(29)25-12-8-7-9-13-25/h7-22H,1-6H3/q+1. The normalized spacial score (nSPS) is 12.7. The van der Waals surface area contributed by atoms with Gasteiger partial charge in [-0.2, -0.15) is 0 Å². The van der Waals surface area contributed by atoms with Gasteiger partial charge in [0.15, 0.2) is 0 Å². The predicted octanol–water partition coefficient (Wildman–Crippen LogP) is 9.42. The molecule has 176 valence electrons. The summed E-state index contributed by atoms with van der Waals surface area (Å²) >= 11 is 0. The maximum Gasteiger partial charge on any atom is 0.335 e. The summed E-state index contributed by atoms with van der Waals surface area (Å²) in [5, 5.41) is 2.53. The van der Waals surface area contributed by atoms with Gasteiger partial charge in [-0.3, -0.25) is 0 Å². The minimum atomic E-state index is -0.0535. The van der Waals surface area contributed by atoms with Crippen molar-refractivity contribution in [3.63, 3.8) is 0 Å². The molecule has 2 aromatic heterocycles. The van der Waals surface area contributed by atoms with E-state index in [0.717, 1.165) is 17.1 Å². The van der Waals surface area contributed by atoms with Gasteiger partial charge >= 0.3 is 11.5 Å². The molecule has 0 aliphatic heterocycles. The van der Waals surface area contributed by atoms with Gasteiger partial charge < -0.3 is 4.57 Å². The highest BCUT2D eigenvalue weighted by atomic mass is 16.3. The van der Waals surface area contributed by atoms with Crippen LogP contribution in [0.3, 0.4) is 0 Å². The van der Waals surface area contributed by atoms with E-state index in [-0.39, 0.29) is 10.8 Å². The highest BCUT2D eigenvalue weighted by molar-refractivity contribution is 6.09. The van der Waals surface area contributed by atoms with Crippen LogP contribution in [0.4, 0.5) is 0 Å². The van der Waals surface area contributed by atoms with Crippen molar-refractivity contribution in [3.8, 4) is 5.69 Å². The summed E-state index contributed by atoms with van der Waals surface area (Å²) in [6.07, 6.45) is 4.42. The number of fused-ring (bicyclic) bond motifs is 3. The van der Waals surface area contributed by atoms with Crippen LogP contribution in [-0.2, 0) is 10.8 Å². The van der Waals surface area contributed by atoms with Crippen LogP contribution < -0.4 is 0 Å². The van der Waals surface area contributed by atoms with E-state index in [2.05, 4.69) is 143 Å². The second-order valence-electron chi connectivity index (χ2n) is 11.4. The molecule has 0 spiro atoms. The highest BCUT2D eigenvalue weighted by Gasteiger charge is 2.33. The van der Waals surface area contributed by atoms with Crippen LogP contribution in [0, 0.1) is 0 Å². The molecule has 2 heterocycles. The zero-order chi connectivity index (χ0) is 24.8. The third kappa shape index (κ3) is 4.53. The minimum absolute atomic E-state index is 0.0535. The lowest BCUT2D eigenvalue weighted by atomic mass is 9.88. The number of nitrogens with zero attached hydrogens (tertiary/aromatic N) is 1. The van der Waals surface area contributed by atoms with E-state index in [0.29, 0.717) is 0 Å². The fraction of sp³-hybridized carbons (Fsp3) is 0.242. The first-order chi connectivity index (χ1) is 16.6. The number of para-hydroxylation sites is 2. The lowest BCUT2D eigenvalue weighted by Gasteiger charge is -2.14. The molecule has 5 aromatic rings. The highest BCUT2D eigenvalue weighted by Crippen LogP contribution is 2.34. The van der Waals surface area contributed by atoms with Crippen LogP contribution in [0.15, 0.2) is 89.3 Å². The first-order valence-electron chi connectivity index (χ1n) is 12.4. The summed E-state index contributed by atoms with van der Waals surface area (Å²) in [5.74, 6) is 2.01. The third-order valence-electron chi connectivity index (χ3n) is 6.47. The molecular formula is C33H34NO+. The van der Waals surface area contributed by atoms with E-state index in [1.165, 1.54) is 33.1 Å². The molecule has 0 amide bonds. The molecule has 0 atom stereocenters. The van der Waals surface area contributed by atoms with Crippen molar-refractivity contribution >= 4 is 34.0 Å². The summed E-state index contributed by atoms with van der Waals surface area (Å²) in [6.45, 7) is 13.2. The monoisotopic (exact) mass is 460 g/mol. The smallest absolute Gasteiger partial charge is 0.309 e. The molecule has 0 bridgehead atoms.